The van der Waals surface area contributed by atoms with Gasteiger partial charge in [-0.2, -0.15) is 0 Å². The van der Waals surface area contributed by atoms with Crippen LogP contribution in [0.5, 0.6) is 0 Å². The Kier molecular flexibility index (Phi) is 4.35. The van der Waals surface area contributed by atoms with Gasteiger partial charge in [-0.25, -0.2) is 0 Å². The molecule has 0 saturated carbocycles. The van der Waals surface area contributed by atoms with Gasteiger partial charge in [0.1, 0.15) is 6.04 Å². The maximum absolute atomic E-state index is 11.0. The van der Waals surface area contributed by atoms with E-state index >= 15 is 0 Å². The molecule has 1 N–H and O–H groups in total. The van der Waals surface area contributed by atoms with Gasteiger partial charge in [-0.15, -0.1) is 0 Å². The first-order valence-corrected chi connectivity index (χ1v) is 5.14. The molecule has 1 fully saturated rings. The van der Waals surface area contributed by atoms with Gasteiger partial charge in [0.15, 0.2) is 0 Å². The first-order chi connectivity index (χ1) is 6.66. The largest absolute Gasteiger partial charge is 0.480 e. The van der Waals surface area contributed by atoms with Crippen molar-refractivity contribution in [2.75, 3.05) is 20.3 Å². The molecule has 14 heavy (non-hydrogen) atoms. The minimum Gasteiger partial charge on any atom is -0.480 e. The van der Waals surface area contributed by atoms with Crippen LogP contribution in [-0.2, 0) is 9.53 Å². The Bertz CT molecular complexity index is 196. The van der Waals surface area contributed by atoms with E-state index in [9.17, 15) is 4.79 Å². The smallest absolute Gasteiger partial charge is 0.320 e. The molecule has 0 aromatic carbocycles. The molecule has 0 bridgehead atoms. The second-order valence-electron chi connectivity index (χ2n) is 3.86. The second kappa shape index (κ2) is 5.32. The topological polar surface area (TPSA) is 49.8 Å². The molecule has 0 aromatic heterocycles. The number of carbonyl (C=O) groups is 1. The van der Waals surface area contributed by atoms with E-state index in [2.05, 4.69) is 11.8 Å². The number of ether oxygens (including phenoxy) is 1. The van der Waals surface area contributed by atoms with Gasteiger partial charge in [0, 0.05) is 26.3 Å². The summed E-state index contributed by atoms with van der Waals surface area (Å²) in [7, 11) is 1.64. The summed E-state index contributed by atoms with van der Waals surface area (Å²) in [6, 6.07) is 0.118. The van der Waals surface area contributed by atoms with E-state index < -0.39 is 5.97 Å². The van der Waals surface area contributed by atoms with Gasteiger partial charge in [-0.05, 0) is 26.2 Å². The SMILES string of the molecule is COCCCC(C(=O)O)N1CCC1C. The molecule has 0 amide bonds. The Hall–Kier alpha value is -0.610. The second-order valence-corrected chi connectivity index (χ2v) is 3.86. The van der Waals surface area contributed by atoms with Gasteiger partial charge in [-0.3, -0.25) is 9.69 Å². The van der Waals surface area contributed by atoms with Crippen LogP contribution in [-0.4, -0.2) is 48.3 Å². The van der Waals surface area contributed by atoms with E-state index in [1.54, 1.807) is 7.11 Å². The molecule has 4 heteroatoms. The molecular formula is C10H19NO3. The normalized spacial score (nSPS) is 24.3. The highest BCUT2D eigenvalue weighted by atomic mass is 16.5. The summed E-state index contributed by atoms with van der Waals surface area (Å²) in [5, 5.41) is 9.04. The lowest BCUT2D eigenvalue weighted by atomic mass is 9.99. The quantitative estimate of drug-likeness (QED) is 0.650. The van der Waals surface area contributed by atoms with Gasteiger partial charge in [0.05, 0.1) is 0 Å². The van der Waals surface area contributed by atoms with Gasteiger partial charge < -0.3 is 9.84 Å². The van der Waals surface area contributed by atoms with E-state index in [0.717, 1.165) is 19.4 Å². The summed E-state index contributed by atoms with van der Waals surface area (Å²) in [5.41, 5.74) is 0. The van der Waals surface area contributed by atoms with Gasteiger partial charge in [0.2, 0.25) is 0 Å². The zero-order chi connectivity index (χ0) is 10.6. The third-order valence-corrected chi connectivity index (χ3v) is 2.88. The first-order valence-electron chi connectivity index (χ1n) is 5.14. The van der Waals surface area contributed by atoms with Crippen molar-refractivity contribution < 1.29 is 14.6 Å². The van der Waals surface area contributed by atoms with Crippen molar-refractivity contribution in [1.82, 2.24) is 4.90 Å². The summed E-state index contributed by atoms with van der Waals surface area (Å²) in [6.07, 6.45) is 2.62. The molecule has 0 radical (unpaired) electrons. The van der Waals surface area contributed by atoms with Crippen LogP contribution in [0.25, 0.3) is 0 Å². The number of aliphatic carboxylic acids is 1. The molecule has 1 saturated heterocycles. The highest BCUT2D eigenvalue weighted by Crippen LogP contribution is 2.22. The number of methoxy groups -OCH3 is 1. The van der Waals surface area contributed by atoms with Crippen molar-refractivity contribution in [3.8, 4) is 0 Å². The van der Waals surface area contributed by atoms with Crippen molar-refractivity contribution in [2.45, 2.75) is 38.3 Å². The van der Waals surface area contributed by atoms with Crippen LogP contribution in [0, 0.1) is 0 Å². The highest BCUT2D eigenvalue weighted by molar-refractivity contribution is 5.73. The molecule has 82 valence electrons. The van der Waals surface area contributed by atoms with E-state index in [4.69, 9.17) is 9.84 Å². The summed E-state index contributed by atoms with van der Waals surface area (Å²) in [5.74, 6) is -0.701. The first kappa shape index (κ1) is 11.5. The molecule has 1 aliphatic rings. The molecule has 1 aliphatic heterocycles. The summed E-state index contributed by atoms with van der Waals surface area (Å²) >= 11 is 0. The average Bonchev–Trinajstić information content (AvgIpc) is 2.14. The molecule has 0 spiro atoms. The Balaban J connectivity index is 2.35. The monoisotopic (exact) mass is 201 g/mol. The van der Waals surface area contributed by atoms with Crippen molar-refractivity contribution >= 4 is 5.97 Å². The van der Waals surface area contributed by atoms with Crippen LogP contribution < -0.4 is 0 Å². The lowest BCUT2D eigenvalue weighted by molar-refractivity contribution is -0.147. The predicted molar refractivity (Wildman–Crippen MR) is 53.3 cm³/mol. The molecule has 2 atom stereocenters. The van der Waals surface area contributed by atoms with Crippen LogP contribution in [0.15, 0.2) is 0 Å². The van der Waals surface area contributed by atoms with Crippen LogP contribution in [0.2, 0.25) is 0 Å². The standard InChI is InChI=1S/C10H19NO3/c1-8-5-6-11(8)9(10(12)13)4-3-7-14-2/h8-9H,3-7H2,1-2H3,(H,12,13). The summed E-state index contributed by atoms with van der Waals surface area (Å²) in [6.45, 7) is 3.65. The number of hydrogen-bond donors (Lipinski definition) is 1. The minimum absolute atomic E-state index is 0.311. The third-order valence-electron chi connectivity index (χ3n) is 2.88. The van der Waals surface area contributed by atoms with Crippen LogP contribution in [0.3, 0.4) is 0 Å². The minimum atomic E-state index is -0.701. The number of carboxylic acids is 1. The zero-order valence-electron chi connectivity index (χ0n) is 8.90. The van der Waals surface area contributed by atoms with E-state index in [1.807, 2.05) is 0 Å². The van der Waals surface area contributed by atoms with Crippen molar-refractivity contribution in [3.05, 3.63) is 0 Å². The Morgan fingerprint density at radius 3 is 2.79 bits per heavy atom. The Morgan fingerprint density at radius 1 is 1.71 bits per heavy atom. The fourth-order valence-electron chi connectivity index (χ4n) is 1.85. The average molecular weight is 201 g/mol. The molecule has 1 rings (SSSR count). The summed E-state index contributed by atoms with van der Waals surface area (Å²) in [4.78, 5) is 13.0. The van der Waals surface area contributed by atoms with Gasteiger partial charge in [-0.1, -0.05) is 0 Å². The maximum atomic E-state index is 11.0. The van der Waals surface area contributed by atoms with Crippen LogP contribution >= 0.6 is 0 Å². The molecule has 2 unspecified atom stereocenters. The number of likely N-dealkylation sites (tertiary alicyclic amines) is 1. The van der Waals surface area contributed by atoms with Crippen LogP contribution in [0.1, 0.15) is 26.2 Å². The molecule has 4 nitrogen and oxygen atoms in total. The molecular weight excluding hydrogens is 182 g/mol. The third kappa shape index (κ3) is 2.69. The molecule has 0 aliphatic carbocycles. The summed E-state index contributed by atoms with van der Waals surface area (Å²) < 4.78 is 4.92. The van der Waals surface area contributed by atoms with Crippen LogP contribution in [0.4, 0.5) is 0 Å². The van der Waals surface area contributed by atoms with Gasteiger partial charge >= 0.3 is 5.97 Å². The number of rotatable bonds is 6. The Labute approximate surface area is 84.8 Å². The number of hydrogen-bond acceptors (Lipinski definition) is 3. The molecule has 0 aromatic rings. The number of nitrogens with zero attached hydrogens (tertiary/aromatic N) is 1. The lowest BCUT2D eigenvalue weighted by Crippen LogP contribution is -2.54. The van der Waals surface area contributed by atoms with Crippen molar-refractivity contribution in [3.63, 3.8) is 0 Å². The Morgan fingerprint density at radius 2 is 2.43 bits per heavy atom. The van der Waals surface area contributed by atoms with Crippen molar-refractivity contribution in [2.24, 2.45) is 0 Å². The predicted octanol–water partition coefficient (Wildman–Crippen LogP) is 0.960. The molecule has 1 heterocycles. The number of carboxylic acid groups (broad SMARTS) is 1. The van der Waals surface area contributed by atoms with E-state index in [-0.39, 0.29) is 6.04 Å². The van der Waals surface area contributed by atoms with E-state index in [1.165, 1.54) is 0 Å². The fraction of sp³-hybridized carbons (Fsp3) is 0.900. The zero-order valence-corrected chi connectivity index (χ0v) is 8.90. The van der Waals surface area contributed by atoms with E-state index in [0.29, 0.717) is 19.1 Å². The highest BCUT2D eigenvalue weighted by Gasteiger charge is 2.34. The van der Waals surface area contributed by atoms with Gasteiger partial charge in [0.25, 0.3) is 0 Å². The lowest BCUT2D eigenvalue weighted by Gasteiger charge is -2.42. The van der Waals surface area contributed by atoms with Crippen molar-refractivity contribution in [1.29, 1.82) is 0 Å². The maximum Gasteiger partial charge on any atom is 0.320 e. The fourth-order valence-corrected chi connectivity index (χ4v) is 1.85.